The number of benzene rings is 2. The van der Waals surface area contributed by atoms with Crippen LogP contribution in [0.5, 0.6) is 0 Å². The minimum atomic E-state index is -1.12. The van der Waals surface area contributed by atoms with Crippen molar-refractivity contribution in [2.24, 2.45) is 0 Å². The molecule has 20 heavy (non-hydrogen) atoms. The van der Waals surface area contributed by atoms with Crippen molar-refractivity contribution >= 4 is 21.7 Å². The summed E-state index contributed by atoms with van der Waals surface area (Å²) in [6.45, 7) is 0. The molecule has 2 rings (SSSR count). The topological polar surface area (TPSA) is 40.9 Å². The van der Waals surface area contributed by atoms with Crippen molar-refractivity contribution in [2.45, 2.75) is 5.92 Å². The Labute approximate surface area is 122 Å². The molecule has 2 aromatic carbocycles. The molecular formula is C15H8BrF2NO. The van der Waals surface area contributed by atoms with Crippen molar-refractivity contribution in [1.82, 2.24) is 0 Å². The molecule has 2 aromatic rings. The fourth-order valence-electron chi connectivity index (χ4n) is 1.84. The van der Waals surface area contributed by atoms with Crippen LogP contribution in [0.25, 0.3) is 0 Å². The second-order valence-electron chi connectivity index (χ2n) is 4.11. The van der Waals surface area contributed by atoms with Gasteiger partial charge in [0.1, 0.15) is 17.6 Å². The van der Waals surface area contributed by atoms with Gasteiger partial charge in [0.15, 0.2) is 5.78 Å². The van der Waals surface area contributed by atoms with E-state index in [9.17, 15) is 18.8 Å². The first-order valence-electron chi connectivity index (χ1n) is 5.67. The molecule has 0 aromatic heterocycles. The van der Waals surface area contributed by atoms with Crippen LogP contribution in [0.1, 0.15) is 21.8 Å². The zero-order chi connectivity index (χ0) is 14.7. The fourth-order valence-corrected chi connectivity index (χ4v) is 2.36. The Hall–Kier alpha value is -2.06. The van der Waals surface area contributed by atoms with Gasteiger partial charge in [0, 0.05) is 16.1 Å². The van der Waals surface area contributed by atoms with E-state index < -0.39 is 23.3 Å². The standard InChI is InChI=1S/C15H8BrF2NO/c16-14-4-2-1-3-12(14)13(8-19)15(20)9-5-10(17)7-11(18)6-9/h1-7,13H. The van der Waals surface area contributed by atoms with Gasteiger partial charge in [0.25, 0.3) is 0 Å². The molecule has 0 N–H and O–H groups in total. The maximum Gasteiger partial charge on any atom is 0.184 e. The highest BCUT2D eigenvalue weighted by Crippen LogP contribution is 2.27. The van der Waals surface area contributed by atoms with E-state index in [0.717, 1.165) is 12.1 Å². The number of Topliss-reactive ketones (excluding diaryl/α,β-unsaturated/α-hetero) is 1. The van der Waals surface area contributed by atoms with E-state index in [1.165, 1.54) is 0 Å². The van der Waals surface area contributed by atoms with Crippen molar-refractivity contribution in [2.75, 3.05) is 0 Å². The number of halogens is 3. The average molecular weight is 336 g/mol. The third kappa shape index (κ3) is 2.91. The fraction of sp³-hybridized carbons (Fsp3) is 0.0667. The summed E-state index contributed by atoms with van der Waals surface area (Å²) in [6.07, 6.45) is 0. The van der Waals surface area contributed by atoms with Crippen LogP contribution < -0.4 is 0 Å². The first kappa shape index (κ1) is 14.4. The molecule has 0 fully saturated rings. The number of rotatable bonds is 3. The highest BCUT2D eigenvalue weighted by Gasteiger charge is 2.24. The Bertz CT molecular complexity index is 689. The summed E-state index contributed by atoms with van der Waals surface area (Å²) in [5, 5.41) is 9.20. The molecule has 0 aliphatic carbocycles. The molecule has 0 amide bonds. The van der Waals surface area contributed by atoms with E-state index in [1.54, 1.807) is 24.3 Å². The summed E-state index contributed by atoms with van der Waals surface area (Å²) in [4.78, 5) is 12.3. The molecule has 5 heteroatoms. The molecule has 100 valence electrons. The Kier molecular flexibility index (Phi) is 4.26. The number of ketones is 1. The summed E-state index contributed by atoms with van der Waals surface area (Å²) in [7, 11) is 0. The number of nitriles is 1. The van der Waals surface area contributed by atoms with Crippen LogP contribution in [0, 0.1) is 23.0 Å². The number of hydrogen-bond donors (Lipinski definition) is 0. The molecule has 0 aliphatic heterocycles. The van der Waals surface area contributed by atoms with Gasteiger partial charge in [-0.25, -0.2) is 8.78 Å². The minimum Gasteiger partial charge on any atom is -0.292 e. The van der Waals surface area contributed by atoms with Gasteiger partial charge in [-0.15, -0.1) is 0 Å². The Morgan fingerprint density at radius 1 is 1.15 bits per heavy atom. The second-order valence-corrected chi connectivity index (χ2v) is 4.96. The summed E-state index contributed by atoms with van der Waals surface area (Å²) in [6, 6.07) is 11.1. The number of carbonyl (C=O) groups excluding carboxylic acids is 1. The van der Waals surface area contributed by atoms with Gasteiger partial charge >= 0.3 is 0 Å². The Morgan fingerprint density at radius 2 is 1.75 bits per heavy atom. The lowest BCUT2D eigenvalue weighted by Gasteiger charge is -2.10. The highest BCUT2D eigenvalue weighted by molar-refractivity contribution is 9.10. The summed E-state index contributed by atoms with van der Waals surface area (Å²) < 4.78 is 26.9. The van der Waals surface area contributed by atoms with Gasteiger partial charge in [0.2, 0.25) is 0 Å². The van der Waals surface area contributed by atoms with Crippen LogP contribution in [0.3, 0.4) is 0 Å². The Balaban J connectivity index is 2.45. The number of hydrogen-bond acceptors (Lipinski definition) is 2. The summed E-state index contributed by atoms with van der Waals surface area (Å²) >= 11 is 3.26. The van der Waals surface area contributed by atoms with Crippen LogP contribution in [-0.4, -0.2) is 5.78 Å². The van der Waals surface area contributed by atoms with Gasteiger partial charge in [-0.2, -0.15) is 5.26 Å². The molecular weight excluding hydrogens is 328 g/mol. The smallest absolute Gasteiger partial charge is 0.184 e. The van der Waals surface area contributed by atoms with Crippen LogP contribution >= 0.6 is 15.9 Å². The molecule has 0 radical (unpaired) electrons. The van der Waals surface area contributed by atoms with E-state index >= 15 is 0 Å². The SMILES string of the molecule is N#CC(C(=O)c1cc(F)cc(F)c1)c1ccccc1Br. The van der Waals surface area contributed by atoms with E-state index in [1.807, 2.05) is 6.07 Å². The monoisotopic (exact) mass is 335 g/mol. The third-order valence-electron chi connectivity index (χ3n) is 2.75. The van der Waals surface area contributed by atoms with Crippen LogP contribution in [-0.2, 0) is 0 Å². The van der Waals surface area contributed by atoms with E-state index in [2.05, 4.69) is 15.9 Å². The van der Waals surface area contributed by atoms with E-state index in [0.29, 0.717) is 16.1 Å². The van der Waals surface area contributed by atoms with Crippen LogP contribution in [0.15, 0.2) is 46.9 Å². The maximum atomic E-state index is 13.2. The predicted octanol–water partition coefficient (Wildman–Crippen LogP) is 4.22. The quantitative estimate of drug-likeness (QED) is 0.788. The van der Waals surface area contributed by atoms with Crippen molar-refractivity contribution in [3.63, 3.8) is 0 Å². The second kappa shape index (κ2) is 5.93. The van der Waals surface area contributed by atoms with Crippen molar-refractivity contribution < 1.29 is 13.6 Å². The summed E-state index contributed by atoms with van der Waals surface area (Å²) in [5.74, 6) is -3.46. The minimum absolute atomic E-state index is 0.162. The maximum absolute atomic E-state index is 13.2. The third-order valence-corrected chi connectivity index (χ3v) is 3.48. The zero-order valence-electron chi connectivity index (χ0n) is 10.1. The van der Waals surface area contributed by atoms with Crippen molar-refractivity contribution in [3.05, 3.63) is 69.7 Å². The largest absolute Gasteiger partial charge is 0.292 e. The first-order chi connectivity index (χ1) is 9.52. The molecule has 0 saturated heterocycles. The molecule has 0 bridgehead atoms. The van der Waals surface area contributed by atoms with Gasteiger partial charge in [0.05, 0.1) is 6.07 Å². The lowest BCUT2D eigenvalue weighted by molar-refractivity contribution is 0.0977. The zero-order valence-corrected chi connectivity index (χ0v) is 11.7. The summed E-state index contributed by atoms with van der Waals surface area (Å²) in [5.41, 5.74) is 0.300. The van der Waals surface area contributed by atoms with Gasteiger partial charge in [-0.3, -0.25) is 4.79 Å². The predicted molar refractivity (Wildman–Crippen MR) is 73.2 cm³/mol. The molecule has 1 unspecified atom stereocenters. The van der Waals surface area contributed by atoms with Gasteiger partial charge < -0.3 is 0 Å². The molecule has 0 heterocycles. The van der Waals surface area contributed by atoms with E-state index in [4.69, 9.17) is 0 Å². The van der Waals surface area contributed by atoms with Crippen molar-refractivity contribution in [3.8, 4) is 6.07 Å². The van der Waals surface area contributed by atoms with Crippen LogP contribution in [0.4, 0.5) is 8.78 Å². The molecule has 2 nitrogen and oxygen atoms in total. The lowest BCUT2D eigenvalue weighted by atomic mass is 9.92. The van der Waals surface area contributed by atoms with Crippen molar-refractivity contribution in [1.29, 1.82) is 5.26 Å². The van der Waals surface area contributed by atoms with Crippen LogP contribution in [0.2, 0.25) is 0 Å². The Morgan fingerprint density at radius 3 is 2.30 bits per heavy atom. The molecule has 1 atom stereocenters. The molecule has 0 saturated carbocycles. The normalized spacial score (nSPS) is 11.7. The number of nitrogens with zero attached hydrogens (tertiary/aromatic N) is 1. The average Bonchev–Trinajstić information content (AvgIpc) is 2.40. The number of carbonyl (C=O) groups is 1. The van der Waals surface area contributed by atoms with Gasteiger partial charge in [-0.1, -0.05) is 34.1 Å². The lowest BCUT2D eigenvalue weighted by Crippen LogP contribution is -2.12. The van der Waals surface area contributed by atoms with E-state index in [-0.39, 0.29) is 5.56 Å². The first-order valence-corrected chi connectivity index (χ1v) is 6.46. The molecule has 0 spiro atoms. The highest BCUT2D eigenvalue weighted by atomic mass is 79.9. The van der Waals surface area contributed by atoms with Gasteiger partial charge in [-0.05, 0) is 23.8 Å². The molecule has 0 aliphatic rings.